The second kappa shape index (κ2) is 11.3. The number of unbranched alkanes of at least 4 members (excludes halogenated alkanes) is 1. The van der Waals surface area contributed by atoms with Gasteiger partial charge in [-0.3, -0.25) is 14.4 Å². The van der Waals surface area contributed by atoms with Crippen molar-refractivity contribution in [1.29, 1.82) is 0 Å². The van der Waals surface area contributed by atoms with E-state index >= 15 is 0 Å². The number of carbonyl (C=O) groups is 3. The summed E-state index contributed by atoms with van der Waals surface area (Å²) in [6, 6.07) is -0.862. The summed E-state index contributed by atoms with van der Waals surface area (Å²) in [6.45, 7) is 18.8. The van der Waals surface area contributed by atoms with Gasteiger partial charge in [0.2, 0.25) is 11.8 Å². The van der Waals surface area contributed by atoms with Gasteiger partial charge in [0.25, 0.3) is 0 Å². The molecule has 8 nitrogen and oxygen atoms in total. The Kier molecular flexibility index (Phi) is 8.95. The van der Waals surface area contributed by atoms with Crippen LogP contribution in [-0.4, -0.2) is 82.3 Å². The Morgan fingerprint density at radius 1 is 1.22 bits per heavy atom. The topological polar surface area (TPSA) is 96.4 Å². The molecule has 2 amide bonds. The highest BCUT2D eigenvalue weighted by Crippen LogP contribution is 2.59. The predicted octanol–water partition coefficient (Wildman–Crippen LogP) is 3.48. The van der Waals surface area contributed by atoms with Crippen LogP contribution >= 0.6 is 0 Å². The number of nitrogens with zero attached hydrogens (tertiary/aromatic N) is 2. The minimum atomic E-state index is -1.07. The number of fused-ring (bicyclic) bond motifs is 1. The number of likely N-dealkylation sites (tertiary alicyclic amines) is 1. The molecule has 1 N–H and O–H groups in total. The summed E-state index contributed by atoms with van der Waals surface area (Å²) in [4.78, 5) is 44.9. The standard InChI is InChI=1S/C29H46N2O6/c1-8-10-11-18-36-26(35)21-20-13-14-29(37-20)22(21)24(33)30(16-12-17-32)23(29)25(34)31(15-9-2)28(6,7)19-27(3,4)5/h8-9,20-23,32H,1-2,10-19H2,3-7H3/t20-,21+,22+,23?,29?/m1/s1. The number of hydrogen-bond donors (Lipinski definition) is 1. The van der Waals surface area contributed by atoms with Crippen LogP contribution in [0.1, 0.15) is 73.1 Å². The van der Waals surface area contributed by atoms with Gasteiger partial charge in [-0.1, -0.05) is 32.9 Å². The first kappa shape index (κ1) is 29.4. The highest BCUT2D eigenvalue weighted by molar-refractivity contribution is 5.98. The van der Waals surface area contributed by atoms with E-state index in [1.165, 1.54) is 0 Å². The lowest BCUT2D eigenvalue weighted by molar-refractivity contribution is -0.156. The van der Waals surface area contributed by atoms with Gasteiger partial charge in [-0.25, -0.2) is 0 Å². The molecule has 0 aromatic rings. The van der Waals surface area contributed by atoms with E-state index in [0.29, 0.717) is 32.2 Å². The highest BCUT2D eigenvalue weighted by Gasteiger charge is 2.75. The molecule has 0 aromatic carbocycles. The Labute approximate surface area is 222 Å². The first-order valence-electron chi connectivity index (χ1n) is 13.6. The van der Waals surface area contributed by atoms with Crippen molar-refractivity contribution in [3.63, 3.8) is 0 Å². The summed E-state index contributed by atoms with van der Waals surface area (Å²) in [5.41, 5.74) is -1.62. The van der Waals surface area contributed by atoms with E-state index in [1.807, 2.05) is 18.7 Å². The molecule has 2 unspecified atom stereocenters. The zero-order valence-electron chi connectivity index (χ0n) is 23.3. The maximum absolute atomic E-state index is 14.4. The van der Waals surface area contributed by atoms with Crippen molar-refractivity contribution in [3.05, 3.63) is 25.3 Å². The van der Waals surface area contributed by atoms with Gasteiger partial charge in [0.1, 0.15) is 11.6 Å². The number of hydrogen-bond acceptors (Lipinski definition) is 6. The lowest BCUT2D eigenvalue weighted by Gasteiger charge is -2.45. The molecule has 37 heavy (non-hydrogen) atoms. The van der Waals surface area contributed by atoms with E-state index in [2.05, 4.69) is 33.9 Å². The second-order valence-electron chi connectivity index (χ2n) is 12.6. The Balaban J connectivity index is 1.97. The van der Waals surface area contributed by atoms with Crippen molar-refractivity contribution in [2.24, 2.45) is 17.3 Å². The van der Waals surface area contributed by atoms with Gasteiger partial charge >= 0.3 is 5.97 Å². The van der Waals surface area contributed by atoms with Crippen molar-refractivity contribution < 1.29 is 29.0 Å². The van der Waals surface area contributed by atoms with Gasteiger partial charge in [0, 0.05) is 25.2 Å². The van der Waals surface area contributed by atoms with Crippen LogP contribution in [0.25, 0.3) is 0 Å². The fraction of sp³-hybridized carbons (Fsp3) is 0.759. The van der Waals surface area contributed by atoms with Crippen LogP contribution in [0, 0.1) is 17.3 Å². The third-order valence-corrected chi connectivity index (χ3v) is 7.93. The molecule has 3 aliphatic heterocycles. The molecule has 2 bridgehead atoms. The van der Waals surface area contributed by atoms with Gasteiger partial charge in [0.15, 0.2) is 0 Å². The molecular weight excluding hydrogens is 472 g/mol. The predicted molar refractivity (Wildman–Crippen MR) is 141 cm³/mol. The molecule has 0 saturated carbocycles. The van der Waals surface area contributed by atoms with Crippen molar-refractivity contribution in [3.8, 4) is 0 Å². The van der Waals surface area contributed by atoms with E-state index in [9.17, 15) is 19.5 Å². The average Bonchev–Trinajstić information content (AvgIpc) is 3.44. The van der Waals surface area contributed by atoms with Crippen molar-refractivity contribution in [2.75, 3.05) is 26.3 Å². The number of carbonyl (C=O) groups excluding carboxylic acids is 3. The lowest BCUT2D eigenvalue weighted by atomic mass is 9.70. The SMILES string of the molecule is C=CCCCOC(=O)[C@@H]1[C@H]2C(=O)N(CCCO)C(C(=O)N(CC=C)C(C)(C)CC(C)(C)C)C23CC[C@H]1O3. The molecule has 3 rings (SSSR count). The third-order valence-electron chi connectivity index (χ3n) is 7.93. The van der Waals surface area contributed by atoms with E-state index in [4.69, 9.17) is 9.47 Å². The molecule has 0 aliphatic carbocycles. The van der Waals surface area contributed by atoms with E-state index in [-0.39, 0.29) is 37.0 Å². The largest absolute Gasteiger partial charge is 0.465 e. The van der Waals surface area contributed by atoms with Gasteiger partial charge < -0.3 is 24.4 Å². The van der Waals surface area contributed by atoms with Crippen LogP contribution in [0.15, 0.2) is 25.3 Å². The van der Waals surface area contributed by atoms with Gasteiger partial charge in [-0.2, -0.15) is 0 Å². The third kappa shape index (κ3) is 5.65. The molecule has 0 aromatic heterocycles. The monoisotopic (exact) mass is 518 g/mol. The summed E-state index contributed by atoms with van der Waals surface area (Å²) in [6.07, 6.45) is 6.66. The van der Waals surface area contributed by atoms with Gasteiger partial charge in [-0.15, -0.1) is 13.2 Å². The smallest absolute Gasteiger partial charge is 0.312 e. The first-order chi connectivity index (χ1) is 17.3. The quantitative estimate of drug-likeness (QED) is 0.228. The fourth-order valence-electron chi connectivity index (χ4n) is 6.98. The Hall–Kier alpha value is -2.19. The zero-order valence-corrected chi connectivity index (χ0v) is 23.3. The number of aliphatic hydroxyl groups is 1. The summed E-state index contributed by atoms with van der Waals surface area (Å²) >= 11 is 0. The molecule has 3 aliphatic rings. The molecule has 1 spiro atoms. The van der Waals surface area contributed by atoms with E-state index in [0.717, 1.165) is 12.8 Å². The van der Waals surface area contributed by atoms with Crippen LogP contribution in [0.3, 0.4) is 0 Å². The van der Waals surface area contributed by atoms with Crippen LogP contribution < -0.4 is 0 Å². The molecule has 208 valence electrons. The van der Waals surface area contributed by atoms with E-state index in [1.54, 1.807) is 17.1 Å². The second-order valence-corrected chi connectivity index (χ2v) is 12.6. The molecule has 3 saturated heterocycles. The molecule has 3 heterocycles. The first-order valence-corrected chi connectivity index (χ1v) is 13.6. The minimum absolute atomic E-state index is 0.0329. The molecule has 0 radical (unpaired) electrons. The molecule has 3 fully saturated rings. The fourth-order valence-corrected chi connectivity index (χ4v) is 6.98. The normalized spacial score (nSPS) is 28.8. The van der Waals surface area contributed by atoms with Crippen molar-refractivity contribution >= 4 is 17.8 Å². The van der Waals surface area contributed by atoms with Crippen LogP contribution in [0.5, 0.6) is 0 Å². The summed E-state index contributed by atoms with van der Waals surface area (Å²) in [5, 5.41) is 9.54. The van der Waals surface area contributed by atoms with Crippen LogP contribution in [-0.2, 0) is 23.9 Å². The number of rotatable bonds is 13. The van der Waals surface area contributed by atoms with Crippen molar-refractivity contribution in [2.45, 2.75) is 96.4 Å². The zero-order chi connectivity index (χ0) is 27.6. The summed E-state index contributed by atoms with van der Waals surface area (Å²) in [5.74, 6) is -2.37. The van der Waals surface area contributed by atoms with Crippen LogP contribution in [0.4, 0.5) is 0 Å². The van der Waals surface area contributed by atoms with Gasteiger partial charge in [-0.05, 0) is 57.8 Å². The highest BCUT2D eigenvalue weighted by atomic mass is 16.6. The number of ether oxygens (including phenoxy) is 2. The minimum Gasteiger partial charge on any atom is -0.465 e. The number of amides is 2. The van der Waals surface area contributed by atoms with Crippen molar-refractivity contribution in [1.82, 2.24) is 9.80 Å². The number of aliphatic hydroxyl groups excluding tert-OH is 1. The lowest BCUT2D eigenvalue weighted by Crippen LogP contribution is -2.61. The molecule has 5 atom stereocenters. The summed E-state index contributed by atoms with van der Waals surface area (Å²) in [7, 11) is 0. The Morgan fingerprint density at radius 2 is 1.92 bits per heavy atom. The maximum Gasteiger partial charge on any atom is 0.312 e. The number of esters is 1. The summed E-state index contributed by atoms with van der Waals surface area (Å²) < 4.78 is 12.0. The van der Waals surface area contributed by atoms with Crippen LogP contribution in [0.2, 0.25) is 0 Å². The molecule has 8 heteroatoms. The van der Waals surface area contributed by atoms with Gasteiger partial charge in [0.05, 0.1) is 24.5 Å². The average molecular weight is 519 g/mol. The number of allylic oxidation sites excluding steroid dienone is 1. The maximum atomic E-state index is 14.4. The Bertz CT molecular complexity index is 893. The van der Waals surface area contributed by atoms with E-state index < -0.39 is 41.1 Å². The Morgan fingerprint density at radius 3 is 2.51 bits per heavy atom. The molecular formula is C29H46N2O6.